The van der Waals surface area contributed by atoms with Gasteiger partial charge in [-0.3, -0.25) is 14.4 Å². The summed E-state index contributed by atoms with van der Waals surface area (Å²) in [6, 6.07) is -0.870. The molecule has 0 aromatic carbocycles. The van der Waals surface area contributed by atoms with Crippen LogP contribution in [0.5, 0.6) is 0 Å². The van der Waals surface area contributed by atoms with Crippen LogP contribution in [-0.4, -0.2) is 75.8 Å². The van der Waals surface area contributed by atoms with Crippen LogP contribution in [0.3, 0.4) is 0 Å². The fourth-order valence-electron chi connectivity index (χ4n) is 2.68. The summed E-state index contributed by atoms with van der Waals surface area (Å²) in [5.41, 5.74) is 11.4. The van der Waals surface area contributed by atoms with Crippen LogP contribution < -0.4 is 11.5 Å². The minimum absolute atomic E-state index is 0.0804. The van der Waals surface area contributed by atoms with Crippen molar-refractivity contribution in [1.82, 2.24) is 4.90 Å². The standard InChI is InChI=1S/C15H30BN3O7/c17-7-8-19(15(24)12(18)4-1-5-13(20)21)10-11(9-14(22)23)3-2-6-16(25)26/h11-12,25-26H,1-10,17-18H2,(H,20,21)(H,22,23)/t11?,12-/m0/s1. The van der Waals surface area contributed by atoms with Crippen molar-refractivity contribution in [2.75, 3.05) is 19.6 Å². The average molecular weight is 375 g/mol. The molecule has 0 aliphatic heterocycles. The van der Waals surface area contributed by atoms with Crippen LogP contribution in [0.4, 0.5) is 0 Å². The lowest BCUT2D eigenvalue weighted by atomic mass is 9.81. The molecule has 10 nitrogen and oxygen atoms in total. The van der Waals surface area contributed by atoms with Crippen LogP contribution in [0.1, 0.15) is 38.5 Å². The van der Waals surface area contributed by atoms with Gasteiger partial charge >= 0.3 is 19.1 Å². The zero-order chi connectivity index (χ0) is 20.1. The Morgan fingerprint density at radius 3 is 2.19 bits per heavy atom. The third-order valence-electron chi connectivity index (χ3n) is 3.95. The molecule has 0 aliphatic carbocycles. The predicted octanol–water partition coefficient (Wildman–Crippen LogP) is -1.30. The fraction of sp³-hybridized carbons (Fsp3) is 0.800. The van der Waals surface area contributed by atoms with Gasteiger partial charge in [-0.15, -0.1) is 0 Å². The van der Waals surface area contributed by atoms with Crippen molar-refractivity contribution in [3.63, 3.8) is 0 Å². The van der Waals surface area contributed by atoms with Crippen LogP contribution in [-0.2, 0) is 14.4 Å². The maximum absolute atomic E-state index is 12.5. The predicted molar refractivity (Wildman–Crippen MR) is 95.1 cm³/mol. The Hall–Kier alpha value is -1.69. The van der Waals surface area contributed by atoms with Crippen molar-refractivity contribution in [1.29, 1.82) is 0 Å². The molecule has 11 heteroatoms. The van der Waals surface area contributed by atoms with Crippen molar-refractivity contribution < 1.29 is 34.6 Å². The average Bonchev–Trinajstić information content (AvgIpc) is 2.52. The van der Waals surface area contributed by atoms with Crippen molar-refractivity contribution >= 4 is 25.0 Å². The lowest BCUT2D eigenvalue weighted by molar-refractivity contribution is -0.140. The first-order chi connectivity index (χ1) is 12.2. The highest BCUT2D eigenvalue weighted by molar-refractivity contribution is 6.40. The van der Waals surface area contributed by atoms with Crippen molar-refractivity contribution in [3.8, 4) is 0 Å². The molecule has 0 rings (SSSR count). The second-order valence-electron chi connectivity index (χ2n) is 6.34. The first-order valence-corrected chi connectivity index (χ1v) is 8.71. The van der Waals surface area contributed by atoms with E-state index in [0.29, 0.717) is 12.8 Å². The van der Waals surface area contributed by atoms with Gasteiger partial charge in [0.2, 0.25) is 5.91 Å². The van der Waals surface area contributed by atoms with E-state index in [2.05, 4.69) is 0 Å². The van der Waals surface area contributed by atoms with Gasteiger partial charge in [0.1, 0.15) is 0 Å². The third kappa shape index (κ3) is 11.8. The van der Waals surface area contributed by atoms with E-state index in [4.69, 9.17) is 31.7 Å². The number of amides is 1. The topological polar surface area (TPSA) is 187 Å². The number of aliphatic carboxylic acids is 2. The second kappa shape index (κ2) is 13.5. The molecule has 8 N–H and O–H groups in total. The molecule has 1 unspecified atom stereocenters. The molecule has 0 aromatic heterocycles. The molecule has 0 aliphatic rings. The maximum Gasteiger partial charge on any atom is 0.451 e. The number of carboxylic acid groups (broad SMARTS) is 2. The summed E-state index contributed by atoms with van der Waals surface area (Å²) in [5, 5.41) is 35.5. The Kier molecular flexibility index (Phi) is 12.6. The molecule has 0 heterocycles. The molecule has 0 radical (unpaired) electrons. The molecular formula is C15H30BN3O7. The lowest BCUT2D eigenvalue weighted by Crippen LogP contribution is -2.47. The quantitative estimate of drug-likeness (QED) is 0.189. The van der Waals surface area contributed by atoms with Gasteiger partial charge in [0.25, 0.3) is 0 Å². The lowest BCUT2D eigenvalue weighted by Gasteiger charge is -2.29. The van der Waals surface area contributed by atoms with E-state index in [9.17, 15) is 14.4 Å². The minimum Gasteiger partial charge on any atom is -0.481 e. The number of nitrogens with zero attached hydrogens (tertiary/aromatic N) is 1. The molecule has 26 heavy (non-hydrogen) atoms. The molecular weight excluding hydrogens is 345 g/mol. The first-order valence-electron chi connectivity index (χ1n) is 8.71. The number of carboxylic acids is 2. The Morgan fingerprint density at radius 2 is 1.69 bits per heavy atom. The third-order valence-corrected chi connectivity index (χ3v) is 3.95. The highest BCUT2D eigenvalue weighted by Gasteiger charge is 2.25. The van der Waals surface area contributed by atoms with E-state index < -0.39 is 31.0 Å². The summed E-state index contributed by atoms with van der Waals surface area (Å²) >= 11 is 0. The normalized spacial score (nSPS) is 13.1. The maximum atomic E-state index is 12.5. The van der Waals surface area contributed by atoms with E-state index in [1.807, 2.05) is 0 Å². The van der Waals surface area contributed by atoms with Crippen molar-refractivity contribution in [2.24, 2.45) is 17.4 Å². The van der Waals surface area contributed by atoms with E-state index in [-0.39, 0.29) is 57.6 Å². The molecule has 0 aromatic rings. The Labute approximate surface area is 153 Å². The summed E-state index contributed by atoms with van der Waals surface area (Å²) in [5.74, 6) is -2.73. The van der Waals surface area contributed by atoms with Crippen LogP contribution >= 0.6 is 0 Å². The van der Waals surface area contributed by atoms with Gasteiger partial charge in [-0.05, 0) is 31.5 Å². The summed E-state index contributed by atoms with van der Waals surface area (Å²) < 4.78 is 0. The monoisotopic (exact) mass is 375 g/mol. The SMILES string of the molecule is NCCN(CC(CCCB(O)O)CC(=O)O)C(=O)[C@@H](N)CCCC(=O)O. The Balaban J connectivity index is 4.78. The molecule has 1 amide bonds. The summed E-state index contributed by atoms with van der Waals surface area (Å²) in [6.07, 6.45) is 1.18. The summed E-state index contributed by atoms with van der Waals surface area (Å²) in [7, 11) is -1.45. The van der Waals surface area contributed by atoms with Crippen LogP contribution in [0.25, 0.3) is 0 Å². The summed E-state index contributed by atoms with van der Waals surface area (Å²) in [4.78, 5) is 35.5. The number of nitrogens with two attached hydrogens (primary N) is 2. The molecule has 0 spiro atoms. The van der Waals surface area contributed by atoms with Crippen LogP contribution in [0.15, 0.2) is 0 Å². The van der Waals surface area contributed by atoms with E-state index in [1.54, 1.807) is 0 Å². The van der Waals surface area contributed by atoms with Gasteiger partial charge in [-0.1, -0.05) is 6.42 Å². The van der Waals surface area contributed by atoms with Crippen molar-refractivity contribution in [3.05, 3.63) is 0 Å². The van der Waals surface area contributed by atoms with Gasteiger partial charge in [0.05, 0.1) is 6.04 Å². The molecule has 150 valence electrons. The number of rotatable bonds is 15. The highest BCUT2D eigenvalue weighted by Crippen LogP contribution is 2.17. The molecule has 0 saturated carbocycles. The van der Waals surface area contributed by atoms with Gasteiger partial charge in [-0.2, -0.15) is 0 Å². The molecule has 0 saturated heterocycles. The summed E-state index contributed by atoms with van der Waals surface area (Å²) in [6.45, 7) is 0.545. The fourth-order valence-corrected chi connectivity index (χ4v) is 2.68. The van der Waals surface area contributed by atoms with Crippen molar-refractivity contribution in [2.45, 2.75) is 50.9 Å². The molecule has 0 fully saturated rings. The number of carbonyl (C=O) groups excluding carboxylic acids is 1. The minimum atomic E-state index is -1.45. The van der Waals surface area contributed by atoms with E-state index in [1.165, 1.54) is 4.90 Å². The van der Waals surface area contributed by atoms with Gasteiger partial charge in [-0.25, -0.2) is 0 Å². The molecule has 0 bridgehead atoms. The first kappa shape index (κ1) is 24.3. The molecule has 2 atom stereocenters. The largest absolute Gasteiger partial charge is 0.481 e. The zero-order valence-corrected chi connectivity index (χ0v) is 14.9. The van der Waals surface area contributed by atoms with Crippen LogP contribution in [0, 0.1) is 5.92 Å². The highest BCUT2D eigenvalue weighted by atomic mass is 16.4. The Morgan fingerprint density at radius 1 is 1.04 bits per heavy atom. The smallest absolute Gasteiger partial charge is 0.451 e. The zero-order valence-electron chi connectivity index (χ0n) is 14.9. The van der Waals surface area contributed by atoms with E-state index in [0.717, 1.165) is 0 Å². The van der Waals surface area contributed by atoms with Crippen LogP contribution in [0.2, 0.25) is 6.32 Å². The van der Waals surface area contributed by atoms with Gasteiger partial charge in [0, 0.05) is 32.5 Å². The van der Waals surface area contributed by atoms with Gasteiger partial charge in [0.15, 0.2) is 0 Å². The number of hydrogen-bond donors (Lipinski definition) is 6. The Bertz CT molecular complexity index is 451. The number of hydrogen-bond acceptors (Lipinski definition) is 7. The van der Waals surface area contributed by atoms with E-state index >= 15 is 0 Å². The second-order valence-corrected chi connectivity index (χ2v) is 6.34. The van der Waals surface area contributed by atoms with Gasteiger partial charge < -0.3 is 36.6 Å². The number of carbonyl (C=O) groups is 3.